The molecular weight excluding hydrogens is 276 g/mol. The van der Waals surface area contributed by atoms with E-state index in [-0.39, 0.29) is 16.7 Å². The summed E-state index contributed by atoms with van der Waals surface area (Å²) >= 11 is 0. The van der Waals surface area contributed by atoms with Gasteiger partial charge in [-0.15, -0.1) is 0 Å². The highest BCUT2D eigenvalue weighted by molar-refractivity contribution is 7.92. The molecule has 1 atom stereocenters. The zero-order chi connectivity index (χ0) is 13.3. The highest BCUT2D eigenvalue weighted by atomic mass is 32.2. The standard InChI is InChI=1S/C10H12N2O4S2/c1-18(14,15)5-4-17(13)10-12-8-3-2-7(11)6-9(8)16-10/h2-3,6H,4-5,11H2,1H3. The van der Waals surface area contributed by atoms with Crippen molar-refractivity contribution in [2.24, 2.45) is 0 Å². The van der Waals surface area contributed by atoms with Crippen LogP contribution in [0.3, 0.4) is 0 Å². The van der Waals surface area contributed by atoms with Crippen LogP contribution >= 0.6 is 0 Å². The largest absolute Gasteiger partial charge is 0.430 e. The topological polar surface area (TPSA) is 103 Å². The van der Waals surface area contributed by atoms with Gasteiger partial charge in [0.2, 0.25) is 0 Å². The first-order valence-electron chi connectivity index (χ1n) is 5.07. The molecule has 1 aromatic carbocycles. The molecule has 0 aliphatic carbocycles. The van der Waals surface area contributed by atoms with Crippen molar-refractivity contribution in [3.05, 3.63) is 18.2 Å². The van der Waals surface area contributed by atoms with E-state index in [0.717, 1.165) is 6.26 Å². The molecule has 0 bridgehead atoms. The average molecular weight is 288 g/mol. The molecule has 0 aliphatic rings. The van der Waals surface area contributed by atoms with Gasteiger partial charge in [0.25, 0.3) is 5.22 Å². The minimum Gasteiger partial charge on any atom is -0.430 e. The Morgan fingerprint density at radius 3 is 2.83 bits per heavy atom. The first-order chi connectivity index (χ1) is 8.35. The van der Waals surface area contributed by atoms with Crippen LogP contribution in [0.1, 0.15) is 0 Å². The Bertz CT molecular complexity index is 706. The van der Waals surface area contributed by atoms with Crippen LogP contribution in [0.15, 0.2) is 27.8 Å². The lowest BCUT2D eigenvalue weighted by atomic mass is 10.3. The number of anilines is 1. The second-order valence-electron chi connectivity index (χ2n) is 3.89. The van der Waals surface area contributed by atoms with Crippen molar-refractivity contribution < 1.29 is 17.0 Å². The van der Waals surface area contributed by atoms with E-state index in [0.29, 0.717) is 16.8 Å². The third-order valence-corrected chi connectivity index (χ3v) is 4.57. The molecule has 2 N–H and O–H groups in total. The summed E-state index contributed by atoms with van der Waals surface area (Å²) in [5.74, 6) is -0.193. The Morgan fingerprint density at radius 2 is 2.17 bits per heavy atom. The summed E-state index contributed by atoms with van der Waals surface area (Å²) in [5.41, 5.74) is 7.09. The second-order valence-corrected chi connectivity index (χ2v) is 7.59. The summed E-state index contributed by atoms with van der Waals surface area (Å²) in [6.07, 6.45) is 1.09. The van der Waals surface area contributed by atoms with Gasteiger partial charge in [-0.05, 0) is 12.1 Å². The molecule has 2 aromatic rings. The molecule has 98 valence electrons. The van der Waals surface area contributed by atoms with Gasteiger partial charge in [0, 0.05) is 23.8 Å². The molecule has 0 saturated carbocycles. The molecular formula is C10H12N2O4S2. The second kappa shape index (κ2) is 4.69. The first-order valence-corrected chi connectivity index (χ1v) is 8.45. The van der Waals surface area contributed by atoms with E-state index in [1.807, 2.05) is 0 Å². The summed E-state index contributed by atoms with van der Waals surface area (Å²) in [5, 5.41) is 0.0271. The molecule has 0 aliphatic heterocycles. The highest BCUT2D eigenvalue weighted by Gasteiger charge is 2.15. The van der Waals surface area contributed by atoms with Crippen molar-refractivity contribution in [2.45, 2.75) is 5.22 Å². The number of fused-ring (bicyclic) bond motifs is 1. The molecule has 1 heterocycles. The van der Waals surface area contributed by atoms with Crippen molar-refractivity contribution >= 4 is 37.4 Å². The normalized spacial score (nSPS) is 13.8. The van der Waals surface area contributed by atoms with Crippen LogP contribution in [0, 0.1) is 0 Å². The van der Waals surface area contributed by atoms with E-state index in [1.165, 1.54) is 0 Å². The molecule has 8 heteroatoms. The van der Waals surface area contributed by atoms with Gasteiger partial charge in [0.05, 0.1) is 5.75 Å². The molecule has 0 spiro atoms. The number of sulfone groups is 1. The van der Waals surface area contributed by atoms with Gasteiger partial charge in [0.1, 0.15) is 26.2 Å². The zero-order valence-electron chi connectivity index (χ0n) is 9.62. The summed E-state index contributed by atoms with van der Waals surface area (Å²) in [6, 6.07) is 4.90. The third-order valence-electron chi connectivity index (χ3n) is 2.23. The summed E-state index contributed by atoms with van der Waals surface area (Å²) in [7, 11) is -4.71. The lowest BCUT2D eigenvalue weighted by Gasteiger charge is -1.95. The minimum absolute atomic E-state index is 0.0266. The molecule has 1 unspecified atom stereocenters. The van der Waals surface area contributed by atoms with Gasteiger partial charge in [-0.1, -0.05) is 0 Å². The number of oxazole rings is 1. The van der Waals surface area contributed by atoms with E-state index in [2.05, 4.69) is 4.98 Å². The molecule has 18 heavy (non-hydrogen) atoms. The molecule has 0 fully saturated rings. The Balaban J connectivity index is 2.23. The molecule has 0 radical (unpaired) electrons. The van der Waals surface area contributed by atoms with E-state index in [1.54, 1.807) is 18.2 Å². The maximum Gasteiger partial charge on any atom is 0.287 e. The fourth-order valence-corrected chi connectivity index (χ4v) is 3.71. The van der Waals surface area contributed by atoms with Crippen molar-refractivity contribution in [3.8, 4) is 0 Å². The van der Waals surface area contributed by atoms with Crippen LogP contribution in [0.25, 0.3) is 11.1 Å². The van der Waals surface area contributed by atoms with Crippen LogP contribution in [-0.4, -0.2) is 35.4 Å². The van der Waals surface area contributed by atoms with Crippen LogP contribution in [0.5, 0.6) is 0 Å². The van der Waals surface area contributed by atoms with Crippen LogP contribution in [0.4, 0.5) is 5.69 Å². The zero-order valence-corrected chi connectivity index (χ0v) is 11.3. The Morgan fingerprint density at radius 1 is 1.44 bits per heavy atom. The predicted molar refractivity (Wildman–Crippen MR) is 69.4 cm³/mol. The lowest BCUT2D eigenvalue weighted by molar-refractivity contribution is 0.478. The number of nitrogens with two attached hydrogens (primary N) is 1. The van der Waals surface area contributed by atoms with Gasteiger partial charge < -0.3 is 10.2 Å². The first kappa shape index (κ1) is 13.0. The Hall–Kier alpha value is -1.41. The summed E-state index contributed by atoms with van der Waals surface area (Å²) in [4.78, 5) is 4.04. The molecule has 2 rings (SSSR count). The number of hydrogen-bond donors (Lipinski definition) is 1. The smallest absolute Gasteiger partial charge is 0.287 e. The maximum atomic E-state index is 11.8. The summed E-state index contributed by atoms with van der Waals surface area (Å²) in [6.45, 7) is 0. The minimum atomic E-state index is -3.15. The van der Waals surface area contributed by atoms with Crippen molar-refractivity contribution in [1.29, 1.82) is 0 Å². The molecule has 6 nitrogen and oxygen atoms in total. The number of nitrogen functional groups attached to an aromatic ring is 1. The summed E-state index contributed by atoms with van der Waals surface area (Å²) < 4.78 is 39.1. The van der Waals surface area contributed by atoms with Crippen molar-refractivity contribution in [3.63, 3.8) is 0 Å². The monoisotopic (exact) mass is 288 g/mol. The van der Waals surface area contributed by atoms with Gasteiger partial charge in [-0.2, -0.15) is 0 Å². The number of hydrogen-bond acceptors (Lipinski definition) is 6. The number of nitrogens with zero attached hydrogens (tertiary/aromatic N) is 1. The van der Waals surface area contributed by atoms with Crippen LogP contribution in [-0.2, 0) is 20.6 Å². The quantitative estimate of drug-likeness (QED) is 0.825. The van der Waals surface area contributed by atoms with Gasteiger partial charge in [0.15, 0.2) is 5.58 Å². The van der Waals surface area contributed by atoms with Gasteiger partial charge in [-0.3, -0.25) is 0 Å². The number of rotatable bonds is 4. The van der Waals surface area contributed by atoms with Crippen molar-refractivity contribution in [1.82, 2.24) is 4.98 Å². The number of benzene rings is 1. The van der Waals surface area contributed by atoms with Crippen molar-refractivity contribution in [2.75, 3.05) is 23.5 Å². The van der Waals surface area contributed by atoms with Gasteiger partial charge in [-0.25, -0.2) is 17.6 Å². The van der Waals surface area contributed by atoms with Crippen LogP contribution < -0.4 is 5.73 Å². The van der Waals surface area contributed by atoms with E-state index in [4.69, 9.17) is 10.2 Å². The number of aromatic nitrogens is 1. The molecule has 1 aromatic heterocycles. The molecule has 0 saturated heterocycles. The predicted octanol–water partition coefficient (Wildman–Crippen LogP) is 0.562. The lowest BCUT2D eigenvalue weighted by Crippen LogP contribution is -2.11. The van der Waals surface area contributed by atoms with E-state index in [9.17, 15) is 12.6 Å². The Labute approximate surface area is 107 Å². The SMILES string of the molecule is CS(=O)(=O)CCS(=O)c1nc2ccc(N)cc2o1. The van der Waals surface area contributed by atoms with Crippen LogP contribution in [0.2, 0.25) is 0 Å². The maximum absolute atomic E-state index is 11.8. The Kier molecular flexibility index (Phi) is 3.40. The molecule has 0 amide bonds. The third kappa shape index (κ3) is 3.08. The van der Waals surface area contributed by atoms with E-state index < -0.39 is 20.6 Å². The average Bonchev–Trinajstić information content (AvgIpc) is 2.67. The van der Waals surface area contributed by atoms with E-state index >= 15 is 0 Å². The van der Waals surface area contributed by atoms with Gasteiger partial charge >= 0.3 is 0 Å². The fourth-order valence-electron chi connectivity index (χ4n) is 1.33. The fraction of sp³-hybridized carbons (Fsp3) is 0.300. The highest BCUT2D eigenvalue weighted by Crippen LogP contribution is 2.20.